The van der Waals surface area contributed by atoms with Crippen molar-refractivity contribution in [1.29, 1.82) is 0 Å². The van der Waals surface area contributed by atoms with Gasteiger partial charge in [-0.3, -0.25) is 14.8 Å². The predicted molar refractivity (Wildman–Crippen MR) is 86.3 cm³/mol. The molecule has 2 aromatic rings. The molecule has 138 valence electrons. The maximum absolute atomic E-state index is 12.9. The molecule has 1 aliphatic rings. The summed E-state index contributed by atoms with van der Waals surface area (Å²) in [5.41, 5.74) is -0.461. The Morgan fingerprint density at radius 2 is 1.81 bits per heavy atom. The molecule has 0 fully saturated rings. The van der Waals surface area contributed by atoms with Crippen LogP contribution in [0, 0.1) is 0 Å². The quantitative estimate of drug-likeness (QED) is 0.848. The zero-order chi connectivity index (χ0) is 19.2. The molecule has 2 N–H and O–H groups in total. The van der Waals surface area contributed by atoms with E-state index in [1.54, 1.807) is 13.8 Å². The molecule has 3 rings (SSSR count). The number of halogens is 3. The number of fused-ring (bicyclic) bond motifs is 1. The molecule has 0 aliphatic carbocycles. The fourth-order valence-electron chi connectivity index (χ4n) is 2.97. The van der Waals surface area contributed by atoms with E-state index in [0.29, 0.717) is 0 Å². The second kappa shape index (κ2) is 6.04. The van der Waals surface area contributed by atoms with E-state index in [0.717, 1.165) is 12.1 Å². The Morgan fingerprint density at radius 3 is 2.35 bits per heavy atom. The van der Waals surface area contributed by atoms with Crippen LogP contribution < -0.4 is 10.2 Å². The zero-order valence-electron chi connectivity index (χ0n) is 13.8. The summed E-state index contributed by atoms with van der Waals surface area (Å²) in [7, 11) is 0. The number of alkyl halides is 3. The number of nitrogens with zero attached hydrogens (tertiary/aromatic N) is 3. The van der Waals surface area contributed by atoms with E-state index in [2.05, 4.69) is 10.4 Å². The number of nitrogens with one attached hydrogen (secondary N) is 1. The third kappa shape index (κ3) is 2.87. The van der Waals surface area contributed by atoms with Gasteiger partial charge in [0.1, 0.15) is 0 Å². The van der Waals surface area contributed by atoms with Gasteiger partial charge in [-0.15, -0.1) is 0 Å². The summed E-state index contributed by atoms with van der Waals surface area (Å²) in [6.07, 6.45) is -4.58. The highest BCUT2D eigenvalue weighted by Crippen LogP contribution is 2.36. The van der Waals surface area contributed by atoms with E-state index in [4.69, 9.17) is 5.11 Å². The Balaban J connectivity index is 2.03. The molecule has 0 spiro atoms. The molecule has 2 amide bonds. The number of amides is 2. The Hall–Kier alpha value is -3.04. The first kappa shape index (κ1) is 17.8. The van der Waals surface area contributed by atoms with Gasteiger partial charge in [0.05, 0.1) is 29.5 Å². The minimum Gasteiger partial charge on any atom is -0.465 e. The van der Waals surface area contributed by atoms with Crippen molar-refractivity contribution in [3.63, 3.8) is 0 Å². The SMILES string of the molecule is C[C@H]1[C@H](C)n2ncc(NC(=O)O)c2C(=O)N1c1ccc(C(F)(F)F)cc1. The molecule has 0 unspecified atom stereocenters. The Morgan fingerprint density at radius 1 is 1.19 bits per heavy atom. The van der Waals surface area contributed by atoms with Gasteiger partial charge in [-0.05, 0) is 38.1 Å². The van der Waals surface area contributed by atoms with Crippen LogP contribution in [0.3, 0.4) is 0 Å². The van der Waals surface area contributed by atoms with Crippen molar-refractivity contribution >= 4 is 23.4 Å². The number of benzene rings is 1. The highest BCUT2D eigenvalue weighted by atomic mass is 19.4. The lowest BCUT2D eigenvalue weighted by atomic mass is 10.0. The molecule has 26 heavy (non-hydrogen) atoms. The van der Waals surface area contributed by atoms with E-state index in [9.17, 15) is 22.8 Å². The molecule has 2 atom stereocenters. The van der Waals surface area contributed by atoms with Crippen LogP contribution in [-0.2, 0) is 6.18 Å². The summed E-state index contributed by atoms with van der Waals surface area (Å²) in [4.78, 5) is 25.2. The van der Waals surface area contributed by atoms with Crippen LogP contribution in [0.1, 0.15) is 35.9 Å². The summed E-state index contributed by atoms with van der Waals surface area (Å²) in [5.74, 6) is -0.545. The monoisotopic (exact) mass is 368 g/mol. The van der Waals surface area contributed by atoms with E-state index in [-0.39, 0.29) is 23.1 Å². The van der Waals surface area contributed by atoms with Crippen LogP contribution in [0.5, 0.6) is 0 Å². The van der Waals surface area contributed by atoms with Gasteiger partial charge in [0, 0.05) is 5.69 Å². The van der Waals surface area contributed by atoms with Gasteiger partial charge in [-0.1, -0.05) is 0 Å². The number of anilines is 2. The number of hydrogen-bond acceptors (Lipinski definition) is 3. The van der Waals surface area contributed by atoms with Crippen molar-refractivity contribution in [1.82, 2.24) is 9.78 Å². The highest BCUT2D eigenvalue weighted by molar-refractivity contribution is 6.10. The normalized spacial score (nSPS) is 20.0. The average molecular weight is 368 g/mol. The molecule has 2 heterocycles. The minimum atomic E-state index is -4.47. The Labute approximate surface area is 146 Å². The van der Waals surface area contributed by atoms with Crippen molar-refractivity contribution < 1.29 is 27.9 Å². The standard InChI is InChI=1S/C16H15F3N4O3/c1-8-9(2)23-13(12(7-20-23)21-15(25)26)14(24)22(8)11-5-3-10(4-6-11)16(17,18)19/h3-9,21H,1-2H3,(H,25,26)/t8-,9-/m0/s1. The summed E-state index contributed by atoms with van der Waals surface area (Å²) in [6, 6.07) is 3.55. The second-order valence-corrected chi connectivity index (χ2v) is 5.98. The topological polar surface area (TPSA) is 87.5 Å². The van der Waals surface area contributed by atoms with Crippen molar-refractivity contribution in [3.8, 4) is 0 Å². The fraction of sp³-hybridized carbons (Fsp3) is 0.312. The number of hydrogen-bond donors (Lipinski definition) is 2. The first-order chi connectivity index (χ1) is 12.1. The molecule has 0 bridgehead atoms. The van der Waals surface area contributed by atoms with Gasteiger partial charge in [-0.2, -0.15) is 18.3 Å². The van der Waals surface area contributed by atoms with Crippen LogP contribution in [-0.4, -0.2) is 32.9 Å². The van der Waals surface area contributed by atoms with Gasteiger partial charge >= 0.3 is 12.3 Å². The third-order valence-electron chi connectivity index (χ3n) is 4.42. The highest BCUT2D eigenvalue weighted by Gasteiger charge is 2.39. The lowest BCUT2D eigenvalue weighted by Gasteiger charge is -2.38. The first-order valence-corrected chi connectivity index (χ1v) is 7.69. The van der Waals surface area contributed by atoms with E-state index < -0.39 is 29.8 Å². The number of aromatic nitrogens is 2. The Kier molecular flexibility index (Phi) is 4.13. The van der Waals surface area contributed by atoms with Crippen molar-refractivity contribution in [2.24, 2.45) is 0 Å². The fourth-order valence-corrected chi connectivity index (χ4v) is 2.97. The summed E-state index contributed by atoms with van der Waals surface area (Å²) in [5, 5.41) is 15.1. The van der Waals surface area contributed by atoms with Crippen LogP contribution >= 0.6 is 0 Å². The molecule has 0 radical (unpaired) electrons. The number of rotatable bonds is 2. The summed E-state index contributed by atoms with van der Waals surface area (Å²) >= 11 is 0. The molecule has 7 nitrogen and oxygen atoms in total. The first-order valence-electron chi connectivity index (χ1n) is 7.69. The maximum Gasteiger partial charge on any atom is 0.416 e. The van der Waals surface area contributed by atoms with E-state index in [1.165, 1.54) is 27.9 Å². The minimum absolute atomic E-state index is 0.0261. The lowest BCUT2D eigenvalue weighted by molar-refractivity contribution is -0.137. The molecular formula is C16H15F3N4O3. The van der Waals surface area contributed by atoms with Crippen molar-refractivity contribution in [3.05, 3.63) is 41.7 Å². The van der Waals surface area contributed by atoms with Crippen LogP contribution in [0.4, 0.5) is 29.3 Å². The van der Waals surface area contributed by atoms with Crippen LogP contribution in [0.25, 0.3) is 0 Å². The third-order valence-corrected chi connectivity index (χ3v) is 4.42. The van der Waals surface area contributed by atoms with Gasteiger partial charge < -0.3 is 10.0 Å². The molecular weight excluding hydrogens is 353 g/mol. The van der Waals surface area contributed by atoms with E-state index in [1.807, 2.05) is 0 Å². The number of carbonyl (C=O) groups excluding carboxylic acids is 1. The zero-order valence-corrected chi connectivity index (χ0v) is 13.8. The van der Waals surface area contributed by atoms with E-state index >= 15 is 0 Å². The van der Waals surface area contributed by atoms with Gasteiger partial charge in [0.2, 0.25) is 0 Å². The number of carboxylic acid groups (broad SMARTS) is 1. The van der Waals surface area contributed by atoms with Gasteiger partial charge in [0.25, 0.3) is 5.91 Å². The maximum atomic E-state index is 12.9. The lowest BCUT2D eigenvalue weighted by Crippen LogP contribution is -2.49. The van der Waals surface area contributed by atoms with Gasteiger partial charge in [-0.25, -0.2) is 4.79 Å². The molecule has 0 saturated carbocycles. The molecule has 0 saturated heterocycles. The second-order valence-electron chi connectivity index (χ2n) is 5.98. The molecule has 1 aliphatic heterocycles. The average Bonchev–Trinajstić information content (AvgIpc) is 2.96. The van der Waals surface area contributed by atoms with Gasteiger partial charge in [0.15, 0.2) is 5.69 Å². The van der Waals surface area contributed by atoms with Crippen molar-refractivity contribution in [2.45, 2.75) is 32.1 Å². The van der Waals surface area contributed by atoms with Crippen molar-refractivity contribution in [2.75, 3.05) is 10.2 Å². The molecule has 1 aromatic carbocycles. The Bertz CT molecular complexity index is 861. The number of carbonyl (C=O) groups is 2. The molecule has 10 heteroatoms. The molecule has 1 aromatic heterocycles. The smallest absolute Gasteiger partial charge is 0.416 e. The van der Waals surface area contributed by atoms with Crippen LogP contribution in [0.2, 0.25) is 0 Å². The predicted octanol–water partition coefficient (Wildman–Crippen LogP) is 3.60. The summed E-state index contributed by atoms with van der Waals surface area (Å²) < 4.78 is 39.7. The largest absolute Gasteiger partial charge is 0.465 e. The van der Waals surface area contributed by atoms with Crippen LogP contribution in [0.15, 0.2) is 30.5 Å². The summed E-state index contributed by atoms with van der Waals surface area (Å²) in [6.45, 7) is 3.53.